The number of benzene rings is 1. The Kier molecular flexibility index (Phi) is 6.36. The third kappa shape index (κ3) is 4.42. The Balaban J connectivity index is 2.65. The zero-order valence-electron chi connectivity index (χ0n) is 11.6. The van der Waals surface area contributed by atoms with E-state index in [1.54, 1.807) is 14.2 Å². The molecule has 0 amide bonds. The fourth-order valence-corrected chi connectivity index (χ4v) is 2.66. The number of hydrogen-bond donors (Lipinski definition) is 1. The molecule has 0 radical (unpaired) electrons. The molecule has 1 rings (SSSR count). The summed E-state index contributed by atoms with van der Waals surface area (Å²) in [5, 5.41) is 0. The average molecular weight is 269 g/mol. The minimum Gasteiger partial charge on any atom is -0.493 e. The standard InChI is InChI=1S/C14H23NO2S/c1-10(2)8-18-9-12(15)11-5-6-13(16-3)14(7-11)17-4/h5-7,10,12H,8-9,15H2,1-4H3. The molecule has 0 saturated carbocycles. The summed E-state index contributed by atoms with van der Waals surface area (Å²) < 4.78 is 10.5. The van der Waals surface area contributed by atoms with Crippen molar-refractivity contribution < 1.29 is 9.47 Å². The summed E-state index contributed by atoms with van der Waals surface area (Å²) in [5.41, 5.74) is 7.27. The molecule has 18 heavy (non-hydrogen) atoms. The van der Waals surface area contributed by atoms with Gasteiger partial charge in [0.05, 0.1) is 14.2 Å². The van der Waals surface area contributed by atoms with Crippen LogP contribution in [0.1, 0.15) is 25.5 Å². The van der Waals surface area contributed by atoms with Crippen molar-refractivity contribution in [3.63, 3.8) is 0 Å². The average Bonchev–Trinajstić information content (AvgIpc) is 2.37. The van der Waals surface area contributed by atoms with Gasteiger partial charge in [-0.3, -0.25) is 0 Å². The van der Waals surface area contributed by atoms with Gasteiger partial charge in [-0.2, -0.15) is 11.8 Å². The van der Waals surface area contributed by atoms with Crippen LogP contribution in [-0.4, -0.2) is 25.7 Å². The summed E-state index contributed by atoms with van der Waals surface area (Å²) in [5.74, 6) is 4.24. The molecule has 0 spiro atoms. The van der Waals surface area contributed by atoms with Crippen molar-refractivity contribution >= 4 is 11.8 Å². The van der Waals surface area contributed by atoms with Crippen LogP contribution in [0.3, 0.4) is 0 Å². The molecule has 4 heteroatoms. The maximum absolute atomic E-state index is 6.18. The van der Waals surface area contributed by atoms with E-state index in [2.05, 4.69) is 13.8 Å². The van der Waals surface area contributed by atoms with Gasteiger partial charge in [0.15, 0.2) is 11.5 Å². The van der Waals surface area contributed by atoms with Crippen molar-refractivity contribution in [1.29, 1.82) is 0 Å². The minimum absolute atomic E-state index is 0.0357. The number of methoxy groups -OCH3 is 2. The van der Waals surface area contributed by atoms with Crippen LogP contribution in [0.5, 0.6) is 11.5 Å². The van der Waals surface area contributed by atoms with Crippen LogP contribution in [0.2, 0.25) is 0 Å². The minimum atomic E-state index is 0.0357. The lowest BCUT2D eigenvalue weighted by atomic mass is 10.1. The maximum atomic E-state index is 6.18. The molecule has 1 atom stereocenters. The second-order valence-corrected chi connectivity index (χ2v) is 5.73. The molecule has 1 aromatic carbocycles. The van der Waals surface area contributed by atoms with E-state index in [1.807, 2.05) is 30.0 Å². The number of nitrogens with two attached hydrogens (primary N) is 1. The van der Waals surface area contributed by atoms with E-state index in [4.69, 9.17) is 15.2 Å². The van der Waals surface area contributed by atoms with E-state index in [0.717, 1.165) is 28.6 Å². The van der Waals surface area contributed by atoms with E-state index in [9.17, 15) is 0 Å². The molecule has 0 aromatic heterocycles. The zero-order chi connectivity index (χ0) is 13.5. The van der Waals surface area contributed by atoms with Gasteiger partial charge >= 0.3 is 0 Å². The second-order valence-electron chi connectivity index (χ2n) is 4.65. The van der Waals surface area contributed by atoms with Crippen LogP contribution in [0.25, 0.3) is 0 Å². The van der Waals surface area contributed by atoms with Crippen LogP contribution in [-0.2, 0) is 0 Å². The summed E-state index contributed by atoms with van der Waals surface area (Å²) in [4.78, 5) is 0. The third-order valence-corrected chi connectivity index (χ3v) is 4.08. The first-order valence-corrected chi connectivity index (χ1v) is 7.29. The van der Waals surface area contributed by atoms with Crippen LogP contribution >= 0.6 is 11.8 Å². The van der Waals surface area contributed by atoms with Crippen molar-refractivity contribution in [2.75, 3.05) is 25.7 Å². The summed E-state index contributed by atoms with van der Waals surface area (Å²) in [6.07, 6.45) is 0. The van der Waals surface area contributed by atoms with Crippen LogP contribution in [0, 0.1) is 5.92 Å². The van der Waals surface area contributed by atoms with Gasteiger partial charge in [0.2, 0.25) is 0 Å². The lowest BCUT2D eigenvalue weighted by Gasteiger charge is -2.15. The Morgan fingerprint density at radius 1 is 1.11 bits per heavy atom. The SMILES string of the molecule is COc1ccc(C(N)CSCC(C)C)cc1OC. The van der Waals surface area contributed by atoms with Crippen molar-refractivity contribution in [2.24, 2.45) is 11.7 Å². The Labute approximate surface area is 114 Å². The molecule has 0 aliphatic heterocycles. The zero-order valence-corrected chi connectivity index (χ0v) is 12.4. The van der Waals surface area contributed by atoms with Crippen molar-refractivity contribution in [3.05, 3.63) is 23.8 Å². The van der Waals surface area contributed by atoms with Gasteiger partial charge in [-0.05, 0) is 29.4 Å². The summed E-state index contributed by atoms with van der Waals surface area (Å²) in [6, 6.07) is 5.90. The Hall–Kier alpha value is -0.870. The van der Waals surface area contributed by atoms with Gasteiger partial charge < -0.3 is 15.2 Å². The molecule has 0 heterocycles. The van der Waals surface area contributed by atoms with Crippen molar-refractivity contribution in [2.45, 2.75) is 19.9 Å². The van der Waals surface area contributed by atoms with Gasteiger partial charge in [-0.1, -0.05) is 19.9 Å². The Morgan fingerprint density at radius 3 is 2.33 bits per heavy atom. The topological polar surface area (TPSA) is 44.5 Å². The summed E-state index contributed by atoms with van der Waals surface area (Å²) >= 11 is 1.89. The van der Waals surface area contributed by atoms with Gasteiger partial charge in [0.25, 0.3) is 0 Å². The molecule has 0 bridgehead atoms. The first-order chi connectivity index (χ1) is 8.58. The normalized spacial score (nSPS) is 12.6. The van der Waals surface area contributed by atoms with Gasteiger partial charge in [-0.15, -0.1) is 0 Å². The summed E-state index contributed by atoms with van der Waals surface area (Å²) in [6.45, 7) is 4.43. The molecule has 3 nitrogen and oxygen atoms in total. The molecule has 0 aliphatic rings. The van der Waals surface area contributed by atoms with E-state index >= 15 is 0 Å². The third-order valence-electron chi connectivity index (χ3n) is 2.58. The Morgan fingerprint density at radius 2 is 1.78 bits per heavy atom. The molecule has 0 saturated heterocycles. The predicted molar refractivity (Wildman–Crippen MR) is 78.6 cm³/mol. The lowest BCUT2D eigenvalue weighted by molar-refractivity contribution is 0.354. The molecule has 2 N–H and O–H groups in total. The van der Waals surface area contributed by atoms with Crippen LogP contribution < -0.4 is 15.2 Å². The predicted octanol–water partition coefficient (Wildman–Crippen LogP) is 3.09. The smallest absolute Gasteiger partial charge is 0.161 e. The Bertz CT molecular complexity index is 369. The van der Waals surface area contributed by atoms with Gasteiger partial charge in [0.1, 0.15) is 0 Å². The molecule has 1 aromatic rings. The molecule has 1 unspecified atom stereocenters. The van der Waals surface area contributed by atoms with Gasteiger partial charge in [-0.25, -0.2) is 0 Å². The molecular formula is C14H23NO2S. The molecule has 102 valence electrons. The van der Waals surface area contributed by atoms with E-state index in [-0.39, 0.29) is 6.04 Å². The first-order valence-electron chi connectivity index (χ1n) is 6.13. The first kappa shape index (κ1) is 15.2. The molecule has 0 aliphatic carbocycles. The number of hydrogen-bond acceptors (Lipinski definition) is 4. The van der Waals surface area contributed by atoms with Crippen molar-refractivity contribution in [1.82, 2.24) is 0 Å². The van der Waals surface area contributed by atoms with Crippen LogP contribution in [0.4, 0.5) is 0 Å². The number of rotatable bonds is 7. The summed E-state index contributed by atoms with van der Waals surface area (Å²) in [7, 11) is 3.27. The van der Waals surface area contributed by atoms with Gasteiger partial charge in [0, 0.05) is 11.8 Å². The largest absolute Gasteiger partial charge is 0.493 e. The molecular weight excluding hydrogens is 246 g/mol. The lowest BCUT2D eigenvalue weighted by Crippen LogP contribution is -2.14. The highest BCUT2D eigenvalue weighted by molar-refractivity contribution is 7.99. The number of ether oxygens (including phenoxy) is 2. The van der Waals surface area contributed by atoms with E-state index in [0.29, 0.717) is 5.92 Å². The van der Waals surface area contributed by atoms with Crippen molar-refractivity contribution in [3.8, 4) is 11.5 Å². The van der Waals surface area contributed by atoms with E-state index in [1.165, 1.54) is 0 Å². The number of thioether (sulfide) groups is 1. The fraction of sp³-hybridized carbons (Fsp3) is 0.571. The maximum Gasteiger partial charge on any atom is 0.161 e. The second kappa shape index (κ2) is 7.54. The highest BCUT2D eigenvalue weighted by atomic mass is 32.2. The highest BCUT2D eigenvalue weighted by Gasteiger charge is 2.10. The van der Waals surface area contributed by atoms with Crippen LogP contribution in [0.15, 0.2) is 18.2 Å². The highest BCUT2D eigenvalue weighted by Crippen LogP contribution is 2.30. The molecule has 0 fully saturated rings. The quantitative estimate of drug-likeness (QED) is 0.826. The fourth-order valence-electron chi connectivity index (χ4n) is 1.61. The van der Waals surface area contributed by atoms with E-state index < -0.39 is 0 Å². The monoisotopic (exact) mass is 269 g/mol.